The molecule has 0 aromatic heterocycles. The number of aliphatic hydroxyl groups excluding tert-OH is 15. The quantitative estimate of drug-likeness (QED) is 0.0926. The lowest BCUT2D eigenvalue weighted by atomic mass is 9.81. The molecule has 24 nitrogen and oxygen atoms in total. The van der Waals surface area contributed by atoms with E-state index in [1.54, 1.807) is 33.8 Å². The van der Waals surface area contributed by atoms with Crippen LogP contribution in [0.15, 0.2) is 40.3 Å². The summed E-state index contributed by atoms with van der Waals surface area (Å²) in [5, 5.41) is 153. The summed E-state index contributed by atoms with van der Waals surface area (Å²) in [5.74, 6) is -0.959. The number of aliphatic imine (C=N–C) groups is 1. The molecule has 0 unspecified atom stereocenters. The normalized spacial score (nSPS) is 42.7. The average molecular weight is 927 g/mol. The van der Waals surface area contributed by atoms with Crippen molar-refractivity contribution in [1.29, 1.82) is 0 Å². The third-order valence-corrected chi connectivity index (χ3v) is 11.5. The molecule has 18 N–H and O–H groups in total. The highest BCUT2D eigenvalue weighted by Gasteiger charge is 2.41. The van der Waals surface area contributed by atoms with E-state index >= 15 is 0 Å². The SMILES string of the molecule is CC(=O)C/C=C1\N[C@@H](C)[C@@H](O)[C@@H](O)[C@@H]1O.COC1=N[C@@H](C)[C@@H](O)[C@@H](O)[C@@H]1O.C[C@@H]1C/C(=C\N)[C@@H](O)[C@H](O)[C@@H]1O.C[C@@H]1C/C(=C\[N+](=O)[O-])[C@@H](O)[C@H](O)[C@@H]1O.C[C@@H]1CC(=O)[C@@H](O)[C@H](O)[C@@H]1O. The van der Waals surface area contributed by atoms with Crippen molar-refractivity contribution >= 4 is 17.5 Å². The summed E-state index contributed by atoms with van der Waals surface area (Å²) in [6.45, 7) is 9.91. The van der Waals surface area contributed by atoms with E-state index in [1.807, 2.05) is 6.92 Å². The van der Waals surface area contributed by atoms with Gasteiger partial charge in [-0.3, -0.25) is 19.7 Å². The van der Waals surface area contributed by atoms with Gasteiger partial charge in [0, 0.05) is 24.1 Å². The Morgan fingerprint density at radius 2 is 1.09 bits per heavy atom. The van der Waals surface area contributed by atoms with Gasteiger partial charge in [0.25, 0.3) is 0 Å². The van der Waals surface area contributed by atoms with E-state index in [1.165, 1.54) is 20.2 Å². The number of allylic oxidation sites excluding steroid dienone is 1. The van der Waals surface area contributed by atoms with E-state index in [0.29, 0.717) is 23.9 Å². The number of carbonyl (C=O) groups is 2. The number of nitrogens with one attached hydrogen (secondary N) is 1. The Labute approximate surface area is 370 Å². The number of aliphatic hydroxyl groups is 15. The smallest absolute Gasteiger partial charge is 0.236 e. The molecule has 3 saturated carbocycles. The van der Waals surface area contributed by atoms with Crippen LogP contribution in [0.1, 0.15) is 67.2 Å². The van der Waals surface area contributed by atoms with Crippen LogP contribution < -0.4 is 11.1 Å². The van der Waals surface area contributed by atoms with Crippen molar-refractivity contribution in [2.75, 3.05) is 7.11 Å². The number of Topliss-reactive ketones (excluding diaryl/α,β-unsaturated/α-hetero) is 2. The van der Waals surface area contributed by atoms with Crippen LogP contribution in [0.3, 0.4) is 0 Å². The van der Waals surface area contributed by atoms with Gasteiger partial charge in [0.2, 0.25) is 12.1 Å². The van der Waals surface area contributed by atoms with Crippen molar-refractivity contribution in [2.45, 2.75) is 171 Å². The molecule has 1 saturated heterocycles. The maximum atomic E-state index is 10.8. The van der Waals surface area contributed by atoms with Gasteiger partial charge in [-0.2, -0.15) is 0 Å². The van der Waals surface area contributed by atoms with Crippen molar-refractivity contribution in [1.82, 2.24) is 5.32 Å². The average Bonchev–Trinajstić information content (AvgIpc) is 3.25. The largest absolute Gasteiger partial charge is 0.482 e. The van der Waals surface area contributed by atoms with Crippen LogP contribution in [-0.2, 0) is 14.3 Å². The maximum absolute atomic E-state index is 10.8. The molecule has 64 heavy (non-hydrogen) atoms. The number of ketones is 2. The van der Waals surface area contributed by atoms with Gasteiger partial charge in [-0.15, -0.1) is 0 Å². The van der Waals surface area contributed by atoms with Crippen LogP contribution in [0.4, 0.5) is 0 Å². The van der Waals surface area contributed by atoms with Gasteiger partial charge in [-0.1, -0.05) is 26.8 Å². The fraction of sp³-hybridized carbons (Fsp3) is 0.775. The lowest BCUT2D eigenvalue weighted by Gasteiger charge is -2.36. The summed E-state index contributed by atoms with van der Waals surface area (Å²) in [5.41, 5.74) is 6.40. The van der Waals surface area contributed by atoms with Crippen LogP contribution in [0.2, 0.25) is 0 Å². The number of methoxy groups -OCH3 is 1. The Morgan fingerprint density at radius 1 is 0.672 bits per heavy atom. The standard InChI is InChI=1S/C10H17NO4.C8H13NO5.C8H15NO3.C7H13NO4.C7H12O4/c1-5(12)3-4-7-9(14)10(15)8(13)6(2)11-7;1-4-2-5(3-9(13)14)7(11)8(12)6(4)10;1-4-2-5(3-9)7(11)8(12)6(4)10;1-3-4(9)5(10)6(11)7(8-3)12-2;1-3-2-4(8)6(10)7(11)5(3)9/h4,6,8-11,13-15H,3H2,1-2H3;3-4,6-8,10-12H,2H2,1H3;3-4,6-8,10-12H,2,9H2,1H3;3-6,9-11H,1-2H3;3,5-7,9-11H,2H2,1H3/b7-4-;2*5-3+;;/t6-,8+,9+,10+;2*4-,6-,7-,8-;3-,4+,5+,6-;3-,5-,6-,7-/m01101/s1. The maximum Gasteiger partial charge on any atom is 0.236 e. The zero-order valence-electron chi connectivity index (χ0n) is 36.8. The fourth-order valence-electron chi connectivity index (χ4n) is 7.09. The molecule has 2 aliphatic heterocycles. The van der Waals surface area contributed by atoms with Gasteiger partial charge in [0.05, 0.1) is 42.4 Å². The fourth-order valence-corrected chi connectivity index (χ4v) is 7.09. The van der Waals surface area contributed by atoms with E-state index in [4.69, 9.17) is 20.7 Å². The van der Waals surface area contributed by atoms with Crippen LogP contribution in [-0.4, -0.2) is 210 Å². The number of rotatable bonds is 3. The molecule has 4 fully saturated rings. The monoisotopic (exact) mass is 926 g/mol. The van der Waals surface area contributed by atoms with E-state index in [-0.39, 0.29) is 60.3 Å². The molecule has 5 rings (SSSR count). The topological polar surface area (TPSA) is 440 Å². The second-order valence-electron chi connectivity index (χ2n) is 16.8. The molecule has 3 aliphatic carbocycles. The number of hydrogen-bond acceptors (Lipinski definition) is 23. The molecule has 0 spiro atoms. The van der Waals surface area contributed by atoms with E-state index in [2.05, 4.69) is 10.3 Å². The summed E-state index contributed by atoms with van der Waals surface area (Å²) in [7, 11) is 1.36. The predicted molar refractivity (Wildman–Crippen MR) is 224 cm³/mol. The molecule has 20 atom stereocenters. The van der Waals surface area contributed by atoms with Crippen LogP contribution in [0.5, 0.6) is 0 Å². The Morgan fingerprint density at radius 3 is 1.55 bits per heavy atom. The van der Waals surface area contributed by atoms with Crippen LogP contribution >= 0.6 is 0 Å². The van der Waals surface area contributed by atoms with Gasteiger partial charge >= 0.3 is 0 Å². The lowest BCUT2D eigenvalue weighted by Crippen LogP contribution is -2.57. The van der Waals surface area contributed by atoms with Gasteiger partial charge in [0.1, 0.15) is 72.9 Å². The lowest BCUT2D eigenvalue weighted by molar-refractivity contribution is -0.404. The number of nitrogens with zero attached hydrogens (tertiary/aromatic N) is 2. The highest BCUT2D eigenvalue weighted by molar-refractivity contribution is 5.84. The van der Waals surface area contributed by atoms with Crippen molar-refractivity contribution in [3.8, 4) is 0 Å². The molecular formula is C40H70N4O20. The van der Waals surface area contributed by atoms with Crippen molar-refractivity contribution in [2.24, 2.45) is 28.5 Å². The number of nitro groups is 1. The Bertz CT molecular complexity index is 1630. The zero-order valence-corrected chi connectivity index (χ0v) is 36.8. The molecule has 0 aromatic rings. The summed E-state index contributed by atoms with van der Waals surface area (Å²) in [4.78, 5) is 35.0. The Hall–Kier alpha value is -3.57. The first kappa shape index (κ1) is 58.4. The number of piperidine rings is 1. The summed E-state index contributed by atoms with van der Waals surface area (Å²) in [6.07, 6.45) is -12.6. The van der Waals surface area contributed by atoms with Gasteiger partial charge in [-0.25, -0.2) is 4.99 Å². The van der Waals surface area contributed by atoms with Gasteiger partial charge < -0.3 is 92.4 Å². The molecule has 0 amide bonds. The highest BCUT2D eigenvalue weighted by atomic mass is 16.6. The molecule has 24 heteroatoms. The summed E-state index contributed by atoms with van der Waals surface area (Å²) in [6, 6.07) is -0.792. The number of ether oxygens (including phenoxy) is 1. The van der Waals surface area contributed by atoms with Crippen LogP contribution in [0.25, 0.3) is 0 Å². The third-order valence-electron chi connectivity index (χ3n) is 11.5. The molecule has 0 aromatic carbocycles. The van der Waals surface area contributed by atoms with Crippen molar-refractivity contribution in [3.05, 3.63) is 45.4 Å². The first-order valence-corrected chi connectivity index (χ1v) is 20.6. The van der Waals surface area contributed by atoms with Crippen molar-refractivity contribution in [3.63, 3.8) is 0 Å². The second-order valence-corrected chi connectivity index (χ2v) is 16.8. The highest BCUT2D eigenvalue weighted by Crippen LogP contribution is 2.30. The second kappa shape index (κ2) is 26.5. The van der Waals surface area contributed by atoms with E-state index in [0.717, 1.165) is 0 Å². The first-order chi connectivity index (χ1) is 29.5. The molecule has 2 heterocycles. The number of hydrogen-bond donors (Lipinski definition) is 17. The minimum Gasteiger partial charge on any atom is -0.482 e. The van der Waals surface area contributed by atoms with Crippen molar-refractivity contribution < 1.29 is 95.8 Å². The van der Waals surface area contributed by atoms with Gasteiger partial charge in [0.15, 0.2) is 11.9 Å². The molecule has 5 aliphatic rings. The van der Waals surface area contributed by atoms with Crippen LogP contribution in [0, 0.1) is 27.9 Å². The van der Waals surface area contributed by atoms with Gasteiger partial charge in [-0.05, 0) is 63.1 Å². The number of nitrogens with two attached hydrogens (primary N) is 1. The minimum atomic E-state index is -1.40. The minimum absolute atomic E-state index is 0.0234. The molecule has 370 valence electrons. The molecule has 0 radical (unpaired) electrons. The Balaban J connectivity index is 0.000000402. The predicted octanol–water partition coefficient (Wildman–Crippen LogP) is -5.66. The molecular weight excluding hydrogens is 856 g/mol. The number of carbonyl (C=O) groups excluding carboxylic acids is 2. The first-order valence-electron chi connectivity index (χ1n) is 20.6. The Kier molecular flexibility index (Phi) is 24.2. The summed E-state index contributed by atoms with van der Waals surface area (Å²) < 4.78 is 4.72. The third kappa shape index (κ3) is 16.1. The van der Waals surface area contributed by atoms with E-state index in [9.17, 15) is 86.1 Å². The van der Waals surface area contributed by atoms with E-state index < -0.39 is 108 Å². The zero-order chi connectivity index (χ0) is 49.7. The molecule has 0 bridgehead atoms. The summed E-state index contributed by atoms with van der Waals surface area (Å²) >= 11 is 0.